The van der Waals surface area contributed by atoms with E-state index in [2.05, 4.69) is 17.0 Å². The first kappa shape index (κ1) is 23.5. The summed E-state index contributed by atoms with van der Waals surface area (Å²) >= 11 is 0. The van der Waals surface area contributed by atoms with Crippen LogP contribution in [0.2, 0.25) is 0 Å². The van der Waals surface area contributed by atoms with Gasteiger partial charge in [-0.05, 0) is 32.0 Å². The molecule has 32 heavy (non-hydrogen) atoms. The maximum absolute atomic E-state index is 9.10. The third kappa shape index (κ3) is 4.98. The van der Waals surface area contributed by atoms with E-state index in [0.29, 0.717) is 23.0 Å². The van der Waals surface area contributed by atoms with Gasteiger partial charge >= 0.3 is 11.9 Å². The van der Waals surface area contributed by atoms with Crippen LogP contribution in [0.25, 0.3) is 0 Å². The Balaban J connectivity index is 0.000000427. The number of fused-ring (bicyclic) bond motifs is 1. The van der Waals surface area contributed by atoms with E-state index < -0.39 is 11.9 Å². The Morgan fingerprint density at radius 1 is 1.09 bits per heavy atom. The van der Waals surface area contributed by atoms with Crippen LogP contribution in [-0.4, -0.2) is 73.4 Å². The van der Waals surface area contributed by atoms with Gasteiger partial charge in [-0.25, -0.2) is 9.59 Å². The fourth-order valence-electron chi connectivity index (χ4n) is 3.93. The normalized spacial score (nSPS) is 21.7. The van der Waals surface area contributed by atoms with Gasteiger partial charge in [0, 0.05) is 18.0 Å². The molecule has 3 aliphatic rings. The third-order valence-electron chi connectivity index (χ3n) is 5.60. The van der Waals surface area contributed by atoms with Gasteiger partial charge in [0.25, 0.3) is 0 Å². The maximum Gasteiger partial charge on any atom is 0.414 e. The number of oxime groups is 1. The predicted octanol–water partition coefficient (Wildman–Crippen LogP) is 2.14. The molecule has 0 bridgehead atoms. The van der Waals surface area contributed by atoms with Crippen molar-refractivity contribution in [3.8, 4) is 23.0 Å². The number of hydrogen-bond donors (Lipinski definition) is 2. The van der Waals surface area contributed by atoms with Gasteiger partial charge in [0.1, 0.15) is 0 Å². The average molecular weight is 452 g/mol. The number of rotatable bonds is 5. The van der Waals surface area contributed by atoms with Crippen LogP contribution >= 0.6 is 0 Å². The second-order valence-electron chi connectivity index (χ2n) is 7.61. The number of hydrogen-bond acceptors (Lipinski definition) is 9. The molecule has 0 radical (unpaired) electrons. The number of methoxy groups -OCH3 is 2. The van der Waals surface area contributed by atoms with Crippen LogP contribution in [0, 0.1) is 5.92 Å². The van der Waals surface area contributed by atoms with Gasteiger partial charge in [-0.15, -0.1) is 0 Å². The van der Waals surface area contributed by atoms with Crippen molar-refractivity contribution in [1.29, 1.82) is 0 Å². The van der Waals surface area contributed by atoms with E-state index in [1.54, 1.807) is 14.2 Å². The van der Waals surface area contributed by atoms with Gasteiger partial charge in [0.2, 0.25) is 18.3 Å². The molecule has 2 unspecified atom stereocenters. The molecule has 0 aromatic heterocycles. The molecular weight excluding hydrogens is 424 g/mol. The number of carboxylic acid groups (broad SMARTS) is 2. The minimum atomic E-state index is -1.82. The van der Waals surface area contributed by atoms with Crippen molar-refractivity contribution in [2.24, 2.45) is 11.1 Å². The molecule has 11 nitrogen and oxygen atoms in total. The molecule has 0 amide bonds. The predicted molar refractivity (Wildman–Crippen MR) is 112 cm³/mol. The van der Waals surface area contributed by atoms with Crippen LogP contribution in [0.4, 0.5) is 0 Å². The van der Waals surface area contributed by atoms with Crippen molar-refractivity contribution >= 4 is 17.7 Å². The summed E-state index contributed by atoms with van der Waals surface area (Å²) in [4.78, 5) is 26.5. The highest BCUT2D eigenvalue weighted by atomic mass is 16.7. The van der Waals surface area contributed by atoms with Crippen molar-refractivity contribution in [1.82, 2.24) is 4.90 Å². The molecule has 1 saturated heterocycles. The molecule has 3 heterocycles. The van der Waals surface area contributed by atoms with E-state index in [0.717, 1.165) is 30.9 Å². The van der Waals surface area contributed by atoms with Crippen LogP contribution in [0.15, 0.2) is 11.2 Å². The van der Waals surface area contributed by atoms with Crippen molar-refractivity contribution in [3.63, 3.8) is 0 Å². The molecule has 11 heteroatoms. The van der Waals surface area contributed by atoms with E-state index in [1.807, 2.05) is 6.07 Å². The quantitative estimate of drug-likeness (QED) is 0.639. The van der Waals surface area contributed by atoms with Crippen molar-refractivity contribution in [2.45, 2.75) is 32.3 Å². The fourth-order valence-corrected chi connectivity index (χ4v) is 3.93. The van der Waals surface area contributed by atoms with Crippen LogP contribution in [0.5, 0.6) is 23.0 Å². The average Bonchev–Trinajstić information content (AvgIpc) is 3.41. The van der Waals surface area contributed by atoms with Crippen LogP contribution < -0.4 is 18.9 Å². The number of carboxylic acids is 2. The summed E-state index contributed by atoms with van der Waals surface area (Å²) in [5, 5.41) is 19.2. The Bertz CT molecular complexity index is 869. The fraction of sp³-hybridized carbons (Fsp3) is 0.571. The Morgan fingerprint density at radius 2 is 1.75 bits per heavy atom. The summed E-state index contributed by atoms with van der Waals surface area (Å²) < 4.78 is 22.3. The molecule has 0 spiro atoms. The lowest BCUT2D eigenvalue weighted by molar-refractivity contribution is -0.159. The Hall–Kier alpha value is -3.21. The highest BCUT2D eigenvalue weighted by Crippen LogP contribution is 2.53. The molecule has 2 atom stereocenters. The van der Waals surface area contributed by atoms with E-state index in [4.69, 9.17) is 43.6 Å². The molecule has 0 saturated carbocycles. The monoisotopic (exact) mass is 452 g/mol. The zero-order valence-corrected chi connectivity index (χ0v) is 18.3. The number of carbonyl (C=O) groups is 2. The first-order chi connectivity index (χ1) is 15.4. The van der Waals surface area contributed by atoms with Crippen molar-refractivity contribution < 1.29 is 43.6 Å². The highest BCUT2D eigenvalue weighted by molar-refractivity contribution is 6.27. The highest BCUT2D eigenvalue weighted by Gasteiger charge is 2.38. The first-order valence-corrected chi connectivity index (χ1v) is 10.3. The summed E-state index contributed by atoms with van der Waals surface area (Å²) in [7, 11) is 3.24. The van der Waals surface area contributed by atoms with E-state index in [1.165, 1.54) is 19.3 Å². The van der Waals surface area contributed by atoms with Gasteiger partial charge in [-0.1, -0.05) is 18.5 Å². The van der Waals surface area contributed by atoms with Gasteiger partial charge in [0.05, 0.1) is 19.9 Å². The summed E-state index contributed by atoms with van der Waals surface area (Å²) in [6.45, 7) is 5.44. The summed E-state index contributed by atoms with van der Waals surface area (Å²) in [5.41, 5.74) is 1.95. The maximum atomic E-state index is 9.10. The van der Waals surface area contributed by atoms with Crippen molar-refractivity contribution in [2.75, 3.05) is 40.6 Å². The number of ether oxygens (including phenoxy) is 4. The minimum absolute atomic E-state index is 0.149. The summed E-state index contributed by atoms with van der Waals surface area (Å²) in [5.74, 6) is -1.10. The second kappa shape index (κ2) is 10.4. The van der Waals surface area contributed by atoms with Gasteiger partial charge in [-0.2, -0.15) is 0 Å². The lowest BCUT2D eigenvalue weighted by Gasteiger charge is -2.27. The van der Waals surface area contributed by atoms with Crippen LogP contribution in [-0.2, 0) is 14.4 Å². The first-order valence-electron chi connectivity index (χ1n) is 10.3. The Labute approximate surface area is 185 Å². The van der Waals surface area contributed by atoms with E-state index >= 15 is 0 Å². The van der Waals surface area contributed by atoms with E-state index in [9.17, 15) is 0 Å². The van der Waals surface area contributed by atoms with Crippen LogP contribution in [0.3, 0.4) is 0 Å². The molecule has 4 rings (SSSR count). The van der Waals surface area contributed by atoms with Gasteiger partial charge in [0.15, 0.2) is 17.6 Å². The lowest BCUT2D eigenvalue weighted by Crippen LogP contribution is -2.36. The number of likely N-dealkylation sites (tertiary alicyclic amines) is 1. The topological polar surface area (TPSA) is 136 Å². The summed E-state index contributed by atoms with van der Waals surface area (Å²) in [6, 6.07) is 1.91. The molecular formula is C21H28N2O9. The minimum Gasteiger partial charge on any atom is -0.493 e. The smallest absolute Gasteiger partial charge is 0.414 e. The molecule has 2 N–H and O–H groups in total. The lowest BCUT2D eigenvalue weighted by atomic mass is 9.92. The Kier molecular flexibility index (Phi) is 7.62. The zero-order chi connectivity index (χ0) is 23.3. The zero-order valence-electron chi connectivity index (χ0n) is 18.3. The molecule has 0 aliphatic carbocycles. The van der Waals surface area contributed by atoms with Crippen molar-refractivity contribution in [3.05, 3.63) is 11.6 Å². The molecule has 1 aromatic rings. The standard InChI is InChI=1S/C19H26N2O5.C2H2O4/c1-12-14(10-21-7-5-4-6-8-21)20-26-16(12)13-9-15(22-2)18-19(17(13)23-3)25-11-24-18;3-1(4)2(5)6/h9,12,16H,4-8,10-11H2,1-3H3;(H,3,4)(H,5,6). The molecule has 176 valence electrons. The summed E-state index contributed by atoms with van der Waals surface area (Å²) in [6.07, 6.45) is 3.62. The second-order valence-corrected chi connectivity index (χ2v) is 7.61. The molecule has 1 aromatic carbocycles. The number of nitrogens with zero attached hydrogens (tertiary/aromatic N) is 2. The SMILES string of the molecule is COc1cc(C2ON=C(CN3CCCCC3)C2C)c(OC)c2c1OCO2.O=C(O)C(=O)O. The van der Waals surface area contributed by atoms with Gasteiger partial charge < -0.3 is 34.0 Å². The Morgan fingerprint density at radius 3 is 2.34 bits per heavy atom. The van der Waals surface area contributed by atoms with E-state index in [-0.39, 0.29) is 18.8 Å². The molecule has 1 fully saturated rings. The largest absolute Gasteiger partial charge is 0.493 e. The van der Waals surface area contributed by atoms with Gasteiger partial charge in [-0.3, -0.25) is 4.90 Å². The third-order valence-corrected chi connectivity index (χ3v) is 5.60. The number of aliphatic carboxylic acids is 2. The van der Waals surface area contributed by atoms with Crippen LogP contribution in [0.1, 0.15) is 37.9 Å². The number of piperidine rings is 1. The number of benzene rings is 1. The molecule has 3 aliphatic heterocycles.